The zero-order valence-corrected chi connectivity index (χ0v) is 12.4. The molecule has 20 heavy (non-hydrogen) atoms. The van der Waals surface area contributed by atoms with Gasteiger partial charge < -0.3 is 9.29 Å². The first-order chi connectivity index (χ1) is 9.32. The van der Waals surface area contributed by atoms with Crippen molar-refractivity contribution in [2.24, 2.45) is 0 Å². The Bertz CT molecular complexity index is 637. The van der Waals surface area contributed by atoms with Gasteiger partial charge in [-0.3, -0.25) is 0 Å². The molecule has 0 radical (unpaired) electrons. The van der Waals surface area contributed by atoms with Gasteiger partial charge in [0.1, 0.15) is 21.7 Å². The molecule has 0 atom stereocenters. The van der Waals surface area contributed by atoms with Crippen molar-refractivity contribution in [2.75, 3.05) is 7.11 Å². The molecule has 0 saturated heterocycles. The summed E-state index contributed by atoms with van der Waals surface area (Å²) in [5, 5.41) is 0. The lowest BCUT2D eigenvalue weighted by molar-refractivity contribution is 0.414. The first-order valence-electron chi connectivity index (χ1n) is 5.40. The first kappa shape index (κ1) is 16.5. The van der Waals surface area contributed by atoms with Crippen LogP contribution in [0.4, 0.5) is 4.39 Å². The summed E-state index contributed by atoms with van der Waals surface area (Å²) < 4.78 is 47.9. The Morgan fingerprint density at radius 3 is 1.95 bits per heavy atom. The number of rotatable bonds is 2. The summed E-state index contributed by atoms with van der Waals surface area (Å²) in [5.74, 6) is 0.314. The van der Waals surface area contributed by atoms with E-state index in [9.17, 15) is 17.4 Å². The molecule has 2 rings (SSSR count). The summed E-state index contributed by atoms with van der Waals surface area (Å²) in [5.41, 5.74) is 0. The van der Waals surface area contributed by atoms with E-state index in [-0.39, 0.29) is 0 Å². The van der Waals surface area contributed by atoms with E-state index in [1.165, 1.54) is 0 Å². The molecular weight excluding hydrogens is 303 g/mol. The fourth-order valence-electron chi connectivity index (χ4n) is 1.19. The smallest absolute Gasteiger partial charge is 0.150 e. The SMILES string of the molecule is COc1ccc([SH2+])cc1.O=S(=O)([O-])c1ccc(F)cc1. The lowest BCUT2D eigenvalue weighted by atomic mass is 10.3. The lowest BCUT2D eigenvalue weighted by Crippen LogP contribution is -1.97. The summed E-state index contributed by atoms with van der Waals surface area (Å²) >= 11 is 3.37. The van der Waals surface area contributed by atoms with Crippen LogP contribution in [0.3, 0.4) is 0 Å². The van der Waals surface area contributed by atoms with Crippen molar-refractivity contribution in [1.29, 1.82) is 0 Å². The third kappa shape index (κ3) is 5.60. The Morgan fingerprint density at radius 2 is 1.55 bits per heavy atom. The second-order valence-corrected chi connectivity index (χ2v) is 5.59. The molecule has 0 heterocycles. The molecule has 4 nitrogen and oxygen atoms in total. The number of hydrogen-bond donors (Lipinski definition) is 0. The van der Waals surface area contributed by atoms with E-state index in [1.54, 1.807) is 7.11 Å². The van der Waals surface area contributed by atoms with E-state index in [1.807, 2.05) is 24.3 Å². The molecule has 0 aromatic heterocycles. The monoisotopic (exact) mass is 316 g/mol. The lowest BCUT2D eigenvalue weighted by Gasteiger charge is -2.04. The molecule has 0 fully saturated rings. The van der Waals surface area contributed by atoms with Crippen LogP contribution >= 0.6 is 0 Å². The predicted molar refractivity (Wildman–Crippen MR) is 75.8 cm³/mol. The van der Waals surface area contributed by atoms with E-state index in [4.69, 9.17) is 4.74 Å². The molecule has 0 aliphatic heterocycles. The molecule has 0 saturated carbocycles. The molecule has 2 aromatic rings. The Morgan fingerprint density at radius 1 is 1.05 bits per heavy atom. The summed E-state index contributed by atoms with van der Waals surface area (Å²) in [6, 6.07) is 11.4. The zero-order valence-electron chi connectivity index (χ0n) is 10.5. The normalized spacial score (nSPS) is 10.4. The van der Waals surface area contributed by atoms with Crippen molar-refractivity contribution in [3.63, 3.8) is 0 Å². The molecule has 0 spiro atoms. The molecule has 0 aliphatic rings. The largest absolute Gasteiger partial charge is 0.744 e. The minimum atomic E-state index is -4.44. The summed E-state index contributed by atoms with van der Waals surface area (Å²) in [6.45, 7) is 0. The Balaban J connectivity index is 0.000000204. The first-order valence-corrected chi connectivity index (χ1v) is 7.31. The van der Waals surface area contributed by atoms with Crippen LogP contribution in [-0.4, -0.2) is 20.1 Å². The van der Waals surface area contributed by atoms with E-state index in [0.717, 1.165) is 34.9 Å². The third-order valence-corrected chi connectivity index (χ3v) is 3.38. The molecule has 2 aromatic carbocycles. The maximum atomic E-state index is 12.2. The van der Waals surface area contributed by atoms with Crippen LogP contribution < -0.4 is 4.74 Å². The highest BCUT2D eigenvalue weighted by Crippen LogP contribution is 2.10. The minimum Gasteiger partial charge on any atom is -0.744 e. The molecular formula is C13H13FO4S2. The predicted octanol–water partition coefficient (Wildman–Crippen LogP) is 1.80. The average molecular weight is 316 g/mol. The second kappa shape index (κ2) is 7.28. The van der Waals surface area contributed by atoms with Crippen LogP contribution in [0.25, 0.3) is 0 Å². The number of methoxy groups -OCH3 is 1. The fraction of sp³-hybridized carbons (Fsp3) is 0.0769. The Kier molecular flexibility index (Phi) is 6.00. The van der Waals surface area contributed by atoms with Crippen LogP contribution in [0.2, 0.25) is 0 Å². The zero-order chi connectivity index (χ0) is 15.2. The van der Waals surface area contributed by atoms with Gasteiger partial charge in [-0.05, 0) is 61.2 Å². The van der Waals surface area contributed by atoms with E-state index >= 15 is 0 Å². The van der Waals surface area contributed by atoms with Gasteiger partial charge >= 0.3 is 0 Å². The number of ether oxygens (including phenoxy) is 1. The average Bonchev–Trinajstić information content (AvgIpc) is 2.40. The van der Waals surface area contributed by atoms with Gasteiger partial charge in [-0.2, -0.15) is 0 Å². The van der Waals surface area contributed by atoms with Crippen LogP contribution in [0, 0.1) is 5.82 Å². The van der Waals surface area contributed by atoms with E-state index < -0.39 is 20.8 Å². The molecule has 7 heteroatoms. The Labute approximate surface area is 122 Å². The maximum absolute atomic E-state index is 12.2. The van der Waals surface area contributed by atoms with Crippen molar-refractivity contribution >= 4 is 22.7 Å². The number of benzene rings is 2. The number of hydrogen-bond acceptors (Lipinski definition) is 4. The maximum Gasteiger partial charge on any atom is 0.150 e. The van der Waals surface area contributed by atoms with Crippen molar-refractivity contribution in [1.82, 2.24) is 0 Å². The van der Waals surface area contributed by atoms with Crippen molar-refractivity contribution < 1.29 is 22.1 Å². The van der Waals surface area contributed by atoms with Crippen molar-refractivity contribution in [3.05, 3.63) is 54.3 Å². The van der Waals surface area contributed by atoms with Crippen LogP contribution in [0.5, 0.6) is 5.75 Å². The van der Waals surface area contributed by atoms with E-state index in [2.05, 4.69) is 12.6 Å². The Hall–Kier alpha value is -1.57. The topological polar surface area (TPSA) is 66.4 Å². The van der Waals surface area contributed by atoms with Gasteiger partial charge in [0.25, 0.3) is 0 Å². The summed E-state index contributed by atoms with van der Waals surface area (Å²) in [4.78, 5) is 0.648. The highest BCUT2D eigenvalue weighted by atomic mass is 32.2. The van der Waals surface area contributed by atoms with Gasteiger partial charge in [-0.25, -0.2) is 12.8 Å². The van der Waals surface area contributed by atoms with Crippen LogP contribution in [-0.2, 0) is 22.7 Å². The highest BCUT2D eigenvalue weighted by Gasteiger charge is 1.99. The van der Waals surface area contributed by atoms with Crippen LogP contribution in [0.1, 0.15) is 0 Å². The van der Waals surface area contributed by atoms with Gasteiger partial charge in [0.05, 0.1) is 12.0 Å². The van der Waals surface area contributed by atoms with Crippen LogP contribution in [0.15, 0.2) is 58.3 Å². The minimum absolute atomic E-state index is 0.418. The number of halogens is 1. The van der Waals surface area contributed by atoms with Gasteiger partial charge in [0, 0.05) is 0 Å². The summed E-state index contributed by atoms with van der Waals surface area (Å²) in [7, 11) is -2.78. The molecule has 0 bridgehead atoms. The molecule has 108 valence electrons. The molecule has 0 amide bonds. The van der Waals surface area contributed by atoms with Gasteiger partial charge in [0.15, 0.2) is 4.90 Å². The standard InChI is InChI=1S/C7H8OS.C6H5FO3S/c1-8-6-2-4-7(9)5-3-6;7-5-1-3-6(4-2-5)11(8,9)10/h2-5,9H,1H3;1-4H,(H,8,9,10). The molecule has 0 aliphatic carbocycles. The van der Waals surface area contributed by atoms with Crippen molar-refractivity contribution in [3.8, 4) is 5.75 Å². The summed E-state index contributed by atoms with van der Waals surface area (Å²) in [6.07, 6.45) is 0. The quantitative estimate of drug-likeness (QED) is 0.626. The van der Waals surface area contributed by atoms with E-state index in [0.29, 0.717) is 0 Å². The van der Waals surface area contributed by atoms with Gasteiger partial charge in [-0.15, -0.1) is 0 Å². The third-order valence-electron chi connectivity index (χ3n) is 2.19. The van der Waals surface area contributed by atoms with Gasteiger partial charge in [0.2, 0.25) is 0 Å². The molecule has 0 unspecified atom stereocenters. The highest BCUT2D eigenvalue weighted by molar-refractivity contribution is 7.85. The second-order valence-electron chi connectivity index (χ2n) is 3.64. The molecule has 0 N–H and O–H groups in total. The van der Waals surface area contributed by atoms with Crippen molar-refractivity contribution in [2.45, 2.75) is 9.79 Å². The fourth-order valence-corrected chi connectivity index (χ4v) is 1.83. The van der Waals surface area contributed by atoms with Gasteiger partial charge in [-0.1, -0.05) is 0 Å².